The number of aromatic carboxylic acids is 1. The molecule has 0 aliphatic carbocycles. The van der Waals surface area contributed by atoms with E-state index in [2.05, 4.69) is 4.72 Å². The molecule has 9 nitrogen and oxygen atoms in total. The van der Waals surface area contributed by atoms with Crippen LogP contribution in [0.3, 0.4) is 0 Å². The predicted molar refractivity (Wildman–Crippen MR) is 96.8 cm³/mol. The lowest BCUT2D eigenvalue weighted by Crippen LogP contribution is -2.13. The minimum atomic E-state index is -4.17. The highest BCUT2D eigenvalue weighted by Gasteiger charge is 2.22. The zero-order valence-electron chi connectivity index (χ0n) is 13.6. The smallest absolute Gasteiger partial charge is 0.339 e. The summed E-state index contributed by atoms with van der Waals surface area (Å²) in [4.78, 5) is 21.2. The minimum Gasteiger partial charge on any atom is -0.478 e. The third-order valence-electron chi connectivity index (χ3n) is 3.75. The minimum absolute atomic E-state index is 0.0726. The number of rotatable bonds is 5. The highest BCUT2D eigenvalue weighted by molar-refractivity contribution is 7.92. The second kappa shape index (κ2) is 6.56. The molecule has 3 rings (SSSR count). The van der Waals surface area contributed by atoms with Crippen molar-refractivity contribution in [2.24, 2.45) is 0 Å². The molecule has 2 N–H and O–H groups in total. The molecular weight excluding hydrogens is 400 g/mol. The lowest BCUT2D eigenvalue weighted by Gasteiger charge is -2.08. The summed E-state index contributed by atoms with van der Waals surface area (Å²) in [5, 5.41) is 20.3. The maximum absolute atomic E-state index is 12.5. The molecule has 1 heterocycles. The van der Waals surface area contributed by atoms with Gasteiger partial charge in [0.15, 0.2) is 0 Å². The zero-order valence-corrected chi connectivity index (χ0v) is 15.2. The van der Waals surface area contributed by atoms with Gasteiger partial charge in [-0.2, -0.15) is 0 Å². The molecule has 27 heavy (non-hydrogen) atoms. The highest BCUT2D eigenvalue weighted by atomic mass is 35.5. The molecule has 0 spiro atoms. The van der Waals surface area contributed by atoms with Crippen molar-refractivity contribution >= 4 is 49.9 Å². The van der Waals surface area contributed by atoms with E-state index in [1.54, 1.807) is 0 Å². The molecule has 0 fully saturated rings. The Morgan fingerprint density at radius 3 is 2.59 bits per heavy atom. The summed E-state index contributed by atoms with van der Waals surface area (Å²) < 4.78 is 32.7. The number of anilines is 1. The van der Waals surface area contributed by atoms with Crippen molar-refractivity contribution in [1.82, 2.24) is 0 Å². The highest BCUT2D eigenvalue weighted by Crippen LogP contribution is 2.31. The van der Waals surface area contributed by atoms with E-state index >= 15 is 0 Å². The number of nitrogens with zero attached hydrogens (tertiary/aromatic N) is 1. The summed E-state index contributed by atoms with van der Waals surface area (Å²) in [6, 6.07) is 7.21. The third kappa shape index (κ3) is 3.44. The summed E-state index contributed by atoms with van der Waals surface area (Å²) in [6.45, 7) is 1.49. The van der Waals surface area contributed by atoms with Gasteiger partial charge in [-0.3, -0.25) is 14.8 Å². The molecule has 0 atom stereocenters. The summed E-state index contributed by atoms with van der Waals surface area (Å²) >= 11 is 5.69. The van der Waals surface area contributed by atoms with E-state index in [0.29, 0.717) is 0 Å². The van der Waals surface area contributed by atoms with Crippen molar-refractivity contribution in [2.75, 3.05) is 4.72 Å². The Labute approximate surface area is 157 Å². The van der Waals surface area contributed by atoms with Crippen LogP contribution in [-0.2, 0) is 10.0 Å². The van der Waals surface area contributed by atoms with Gasteiger partial charge in [0.25, 0.3) is 15.7 Å². The van der Waals surface area contributed by atoms with E-state index in [4.69, 9.17) is 16.0 Å². The van der Waals surface area contributed by atoms with E-state index in [1.165, 1.54) is 25.1 Å². The van der Waals surface area contributed by atoms with Crippen molar-refractivity contribution in [3.05, 3.63) is 62.9 Å². The summed E-state index contributed by atoms with van der Waals surface area (Å²) in [6.07, 6.45) is 0. The van der Waals surface area contributed by atoms with Crippen LogP contribution in [0, 0.1) is 17.0 Å². The SMILES string of the molecule is Cc1oc2ccc(NS(=O)(=O)c3ccc(Cl)c([N+](=O)[O-])c3)cc2c1C(=O)O. The first-order valence-electron chi connectivity index (χ1n) is 7.33. The molecular formula is C16H11ClN2O7S. The first-order valence-corrected chi connectivity index (χ1v) is 9.19. The van der Waals surface area contributed by atoms with Gasteiger partial charge in [-0.1, -0.05) is 11.6 Å². The van der Waals surface area contributed by atoms with E-state index in [0.717, 1.165) is 18.2 Å². The average molecular weight is 411 g/mol. The summed E-state index contributed by atoms with van der Waals surface area (Å²) in [5.74, 6) is -1.02. The number of benzene rings is 2. The monoisotopic (exact) mass is 410 g/mol. The van der Waals surface area contributed by atoms with Gasteiger partial charge in [0.1, 0.15) is 21.9 Å². The lowest BCUT2D eigenvalue weighted by atomic mass is 10.1. The van der Waals surface area contributed by atoms with Crippen molar-refractivity contribution in [1.29, 1.82) is 0 Å². The number of carboxylic acids is 1. The first kappa shape index (κ1) is 18.7. The maximum atomic E-state index is 12.5. The van der Waals surface area contributed by atoms with Crippen LogP contribution in [0.1, 0.15) is 16.1 Å². The second-order valence-corrected chi connectivity index (χ2v) is 7.61. The van der Waals surface area contributed by atoms with Crippen molar-refractivity contribution in [3.63, 3.8) is 0 Å². The van der Waals surface area contributed by atoms with Gasteiger partial charge in [-0.15, -0.1) is 0 Å². The fourth-order valence-corrected chi connectivity index (χ4v) is 3.82. The topological polar surface area (TPSA) is 140 Å². The van der Waals surface area contributed by atoms with Crippen molar-refractivity contribution < 1.29 is 27.7 Å². The van der Waals surface area contributed by atoms with Crippen LogP contribution in [0.15, 0.2) is 45.7 Å². The fraction of sp³-hybridized carbons (Fsp3) is 0.0625. The molecule has 0 bridgehead atoms. The molecule has 0 radical (unpaired) electrons. The quantitative estimate of drug-likeness (QED) is 0.481. The molecule has 1 aromatic heterocycles. The Morgan fingerprint density at radius 2 is 1.96 bits per heavy atom. The van der Waals surface area contributed by atoms with E-state index < -0.39 is 26.6 Å². The number of furan rings is 1. The van der Waals surface area contributed by atoms with Gasteiger partial charge < -0.3 is 9.52 Å². The number of halogens is 1. The predicted octanol–water partition coefficient (Wildman–Crippen LogP) is 3.80. The zero-order chi connectivity index (χ0) is 19.9. The molecule has 2 aromatic carbocycles. The molecule has 0 saturated heterocycles. The van der Waals surface area contributed by atoms with E-state index in [9.17, 15) is 28.4 Å². The number of aryl methyl sites for hydroxylation is 1. The van der Waals surface area contributed by atoms with Gasteiger partial charge in [0.05, 0.1) is 9.82 Å². The average Bonchev–Trinajstić information content (AvgIpc) is 2.89. The van der Waals surface area contributed by atoms with Crippen LogP contribution >= 0.6 is 11.6 Å². The van der Waals surface area contributed by atoms with Gasteiger partial charge >= 0.3 is 5.97 Å². The first-order chi connectivity index (χ1) is 12.6. The molecule has 140 valence electrons. The van der Waals surface area contributed by atoms with Gasteiger partial charge in [0, 0.05) is 17.1 Å². The fourth-order valence-electron chi connectivity index (χ4n) is 2.56. The van der Waals surface area contributed by atoms with Crippen LogP contribution in [0.25, 0.3) is 11.0 Å². The number of hydrogen-bond donors (Lipinski definition) is 2. The largest absolute Gasteiger partial charge is 0.478 e. The van der Waals surface area contributed by atoms with Gasteiger partial charge in [0.2, 0.25) is 0 Å². The van der Waals surface area contributed by atoms with E-state index in [1.807, 2.05) is 0 Å². The molecule has 0 saturated carbocycles. The molecule has 3 aromatic rings. The van der Waals surface area contributed by atoms with Crippen LogP contribution in [0.2, 0.25) is 5.02 Å². The number of nitro benzene ring substituents is 1. The Hall–Kier alpha value is -3.11. The van der Waals surface area contributed by atoms with E-state index in [-0.39, 0.29) is 37.9 Å². The number of fused-ring (bicyclic) bond motifs is 1. The summed E-state index contributed by atoms with van der Waals surface area (Å²) in [5.41, 5.74) is -0.264. The number of carbonyl (C=O) groups is 1. The van der Waals surface area contributed by atoms with Crippen LogP contribution in [0.5, 0.6) is 0 Å². The number of sulfonamides is 1. The Morgan fingerprint density at radius 1 is 1.26 bits per heavy atom. The molecule has 0 aliphatic heterocycles. The molecule has 0 aliphatic rings. The molecule has 11 heteroatoms. The number of carboxylic acid groups (broad SMARTS) is 1. The second-order valence-electron chi connectivity index (χ2n) is 5.53. The summed E-state index contributed by atoms with van der Waals surface area (Å²) in [7, 11) is -4.17. The van der Waals surface area contributed by atoms with Crippen LogP contribution < -0.4 is 4.72 Å². The Kier molecular flexibility index (Phi) is 4.54. The van der Waals surface area contributed by atoms with Crippen molar-refractivity contribution in [3.8, 4) is 0 Å². The van der Waals surface area contributed by atoms with Gasteiger partial charge in [-0.25, -0.2) is 13.2 Å². The van der Waals surface area contributed by atoms with Gasteiger partial charge in [-0.05, 0) is 37.3 Å². The lowest BCUT2D eigenvalue weighted by molar-refractivity contribution is -0.384. The Balaban J connectivity index is 2.04. The number of nitrogens with one attached hydrogen (secondary N) is 1. The standard InChI is InChI=1S/C16H11ClN2O7S/c1-8-15(16(20)21)11-6-9(2-5-14(11)26-8)18-27(24,25)10-3-4-12(17)13(7-10)19(22)23/h2-7,18H,1H3,(H,20,21). The number of hydrogen-bond acceptors (Lipinski definition) is 6. The Bertz CT molecular complexity index is 1200. The number of nitro groups is 1. The third-order valence-corrected chi connectivity index (χ3v) is 5.45. The molecule has 0 amide bonds. The van der Waals surface area contributed by atoms with Crippen LogP contribution in [-0.4, -0.2) is 24.4 Å². The van der Waals surface area contributed by atoms with Crippen LogP contribution in [0.4, 0.5) is 11.4 Å². The maximum Gasteiger partial charge on any atom is 0.339 e. The normalized spacial score (nSPS) is 11.5. The molecule has 0 unspecified atom stereocenters. The van der Waals surface area contributed by atoms with Crippen molar-refractivity contribution in [2.45, 2.75) is 11.8 Å².